The minimum atomic E-state index is -1.26. The molecule has 0 unspecified atom stereocenters. The second-order valence-corrected chi connectivity index (χ2v) is 7.05. The van der Waals surface area contributed by atoms with E-state index in [0.717, 1.165) is 26.2 Å². The van der Waals surface area contributed by atoms with Gasteiger partial charge in [0.1, 0.15) is 23.5 Å². The first-order valence-corrected chi connectivity index (χ1v) is 9.52. The number of hydrogen-bond donors (Lipinski definition) is 1. The molecule has 0 bridgehead atoms. The van der Waals surface area contributed by atoms with E-state index in [4.69, 9.17) is 4.74 Å². The van der Waals surface area contributed by atoms with Crippen molar-refractivity contribution in [3.05, 3.63) is 72.6 Å². The first-order chi connectivity index (χ1) is 14.2. The van der Waals surface area contributed by atoms with Crippen molar-refractivity contribution in [2.75, 3.05) is 12.0 Å². The van der Waals surface area contributed by atoms with Crippen LogP contribution in [0.25, 0.3) is 20.7 Å². The Labute approximate surface area is 170 Å². The van der Waals surface area contributed by atoms with E-state index < -0.39 is 12.6 Å². The number of hydrazone groups is 1. The third kappa shape index (κ3) is 4.56. The van der Waals surface area contributed by atoms with Gasteiger partial charge in [0, 0.05) is 4.88 Å². The Kier molecular flexibility index (Phi) is 5.44. The average Bonchev–Trinajstić information content (AvgIpc) is 3.19. The van der Waals surface area contributed by atoms with Gasteiger partial charge in [-0.1, -0.05) is 30.3 Å². The molecule has 1 N–H and O–H groups in total. The van der Waals surface area contributed by atoms with E-state index in [0.29, 0.717) is 11.6 Å². The van der Waals surface area contributed by atoms with Gasteiger partial charge in [0.25, 0.3) is 0 Å². The Morgan fingerprint density at radius 3 is 2.69 bits per heavy atom. The molecule has 0 aliphatic heterocycles. The van der Waals surface area contributed by atoms with Gasteiger partial charge in [-0.15, -0.1) is 11.3 Å². The average molecular weight is 403 g/mol. The number of carbonyl (C=O) groups is 1. The molecule has 2 aromatic carbocycles. The van der Waals surface area contributed by atoms with Gasteiger partial charge < -0.3 is 14.6 Å². The number of carboxylic acid groups (broad SMARTS) is 1. The van der Waals surface area contributed by atoms with Crippen LogP contribution in [-0.2, 0) is 4.79 Å². The number of hydrogen-bond acceptors (Lipinski definition) is 8. The zero-order valence-electron chi connectivity index (χ0n) is 15.1. The third-order valence-electron chi connectivity index (χ3n) is 4.01. The summed E-state index contributed by atoms with van der Waals surface area (Å²) in [6.45, 7) is -0.482. The summed E-state index contributed by atoms with van der Waals surface area (Å²) in [4.78, 5) is 21.0. The topological polar surface area (TPSA) is 99.5 Å². The lowest BCUT2D eigenvalue weighted by atomic mass is 10.2. The largest absolute Gasteiger partial charge is 0.546 e. The lowest BCUT2D eigenvalue weighted by Crippen LogP contribution is -2.28. The number of fused-ring (bicyclic) bond motifs is 1. The molecule has 144 valence electrons. The van der Waals surface area contributed by atoms with Crippen molar-refractivity contribution in [1.82, 2.24) is 9.97 Å². The fourth-order valence-electron chi connectivity index (χ4n) is 2.65. The highest BCUT2D eigenvalue weighted by molar-refractivity contribution is 7.21. The van der Waals surface area contributed by atoms with Gasteiger partial charge in [-0.25, -0.2) is 9.97 Å². The SMILES string of the molecule is O=C([O-])COc1ccc(/C=N\Nc2ncnc3sc(-c4ccccc4)cc23)cc1. The summed E-state index contributed by atoms with van der Waals surface area (Å²) in [6.07, 6.45) is 3.15. The highest BCUT2D eigenvalue weighted by Gasteiger charge is 2.09. The molecule has 4 aromatic rings. The number of carbonyl (C=O) groups excluding carboxylic acids is 1. The maximum Gasteiger partial charge on any atom is 0.158 e. The molecule has 0 amide bonds. The summed E-state index contributed by atoms with van der Waals surface area (Å²) >= 11 is 1.60. The first-order valence-electron chi connectivity index (χ1n) is 8.71. The molecule has 0 fully saturated rings. The molecule has 2 heterocycles. The second kappa shape index (κ2) is 8.49. The highest BCUT2D eigenvalue weighted by atomic mass is 32.1. The molecule has 0 saturated heterocycles. The predicted octanol–water partition coefficient (Wildman–Crippen LogP) is 2.93. The Hall–Kier alpha value is -3.78. The zero-order chi connectivity index (χ0) is 20.1. The van der Waals surface area contributed by atoms with Gasteiger partial charge in [0.05, 0.1) is 17.6 Å². The smallest absolute Gasteiger partial charge is 0.158 e. The van der Waals surface area contributed by atoms with Gasteiger partial charge in [0.2, 0.25) is 0 Å². The predicted molar refractivity (Wildman–Crippen MR) is 111 cm³/mol. The van der Waals surface area contributed by atoms with Crippen LogP contribution in [0, 0.1) is 0 Å². The van der Waals surface area contributed by atoms with Crippen molar-refractivity contribution < 1.29 is 14.6 Å². The first kappa shape index (κ1) is 18.6. The summed E-state index contributed by atoms with van der Waals surface area (Å²) in [5, 5.41) is 15.6. The number of aliphatic carboxylic acids is 1. The number of ether oxygens (including phenoxy) is 1. The van der Waals surface area contributed by atoms with Crippen molar-refractivity contribution in [2.45, 2.75) is 0 Å². The van der Waals surface area contributed by atoms with Crippen LogP contribution in [0.1, 0.15) is 5.56 Å². The van der Waals surface area contributed by atoms with Crippen molar-refractivity contribution in [3.8, 4) is 16.2 Å². The van der Waals surface area contributed by atoms with Crippen LogP contribution < -0.4 is 15.3 Å². The summed E-state index contributed by atoms with van der Waals surface area (Å²) < 4.78 is 5.05. The number of anilines is 1. The van der Waals surface area contributed by atoms with Crippen LogP contribution in [0.5, 0.6) is 5.75 Å². The normalized spacial score (nSPS) is 11.0. The molecule has 0 aliphatic carbocycles. The number of aromatic nitrogens is 2. The van der Waals surface area contributed by atoms with E-state index in [9.17, 15) is 9.90 Å². The molecular weight excluding hydrogens is 388 g/mol. The Morgan fingerprint density at radius 1 is 1.14 bits per heavy atom. The van der Waals surface area contributed by atoms with Gasteiger partial charge in [-0.3, -0.25) is 5.43 Å². The highest BCUT2D eigenvalue weighted by Crippen LogP contribution is 2.34. The zero-order valence-corrected chi connectivity index (χ0v) is 15.9. The number of thiophene rings is 1. The summed E-state index contributed by atoms with van der Waals surface area (Å²) in [7, 11) is 0. The van der Waals surface area contributed by atoms with Crippen molar-refractivity contribution in [2.24, 2.45) is 5.10 Å². The third-order valence-corrected chi connectivity index (χ3v) is 5.10. The molecule has 0 atom stereocenters. The van der Waals surface area contributed by atoms with E-state index in [1.54, 1.807) is 41.8 Å². The minimum absolute atomic E-state index is 0.448. The van der Waals surface area contributed by atoms with E-state index in [1.807, 2.05) is 18.2 Å². The van der Waals surface area contributed by atoms with Crippen molar-refractivity contribution >= 4 is 39.6 Å². The number of nitrogens with zero attached hydrogens (tertiary/aromatic N) is 3. The fraction of sp³-hybridized carbons (Fsp3) is 0.0476. The molecule has 7 nitrogen and oxygen atoms in total. The van der Waals surface area contributed by atoms with Crippen LogP contribution in [0.4, 0.5) is 5.82 Å². The maximum absolute atomic E-state index is 10.4. The fourth-order valence-corrected chi connectivity index (χ4v) is 3.65. The van der Waals surface area contributed by atoms with Crippen molar-refractivity contribution in [1.29, 1.82) is 0 Å². The van der Waals surface area contributed by atoms with E-state index in [1.165, 1.54) is 6.33 Å². The van der Waals surface area contributed by atoms with Crippen molar-refractivity contribution in [3.63, 3.8) is 0 Å². The molecule has 8 heteroatoms. The van der Waals surface area contributed by atoms with Crippen LogP contribution in [0.15, 0.2) is 72.1 Å². The van der Waals surface area contributed by atoms with E-state index in [2.05, 4.69) is 38.7 Å². The molecule has 0 saturated carbocycles. The van der Waals surface area contributed by atoms with Gasteiger partial charge >= 0.3 is 0 Å². The van der Waals surface area contributed by atoms with Crippen LogP contribution in [-0.4, -0.2) is 28.8 Å². The summed E-state index contributed by atoms with van der Waals surface area (Å²) in [5.41, 5.74) is 4.91. The summed E-state index contributed by atoms with van der Waals surface area (Å²) in [6, 6.07) is 19.0. The Bertz CT molecular complexity index is 1160. The second-order valence-electron chi connectivity index (χ2n) is 6.02. The molecule has 29 heavy (non-hydrogen) atoms. The lowest BCUT2D eigenvalue weighted by Gasteiger charge is -2.06. The summed E-state index contributed by atoms with van der Waals surface area (Å²) in [5.74, 6) is -0.193. The van der Waals surface area contributed by atoms with Gasteiger partial charge in [-0.05, 0) is 41.5 Å². The number of rotatable bonds is 7. The van der Waals surface area contributed by atoms with Crippen LogP contribution in [0.3, 0.4) is 0 Å². The van der Waals surface area contributed by atoms with Gasteiger partial charge in [0.15, 0.2) is 5.82 Å². The number of benzene rings is 2. The molecule has 2 aromatic heterocycles. The molecular formula is C21H15N4O3S-. The number of carboxylic acids is 1. The molecule has 4 rings (SSSR count). The quantitative estimate of drug-likeness (QED) is 0.376. The Morgan fingerprint density at radius 2 is 1.93 bits per heavy atom. The van der Waals surface area contributed by atoms with Crippen LogP contribution in [0.2, 0.25) is 0 Å². The van der Waals surface area contributed by atoms with E-state index in [-0.39, 0.29) is 0 Å². The minimum Gasteiger partial charge on any atom is -0.546 e. The molecule has 0 spiro atoms. The number of nitrogens with one attached hydrogen (secondary N) is 1. The van der Waals surface area contributed by atoms with Crippen LogP contribution >= 0.6 is 11.3 Å². The standard InChI is InChI=1S/C21H16N4O3S/c26-19(27)12-28-16-8-6-14(7-9-16)11-24-25-20-17-10-18(15-4-2-1-3-5-15)29-21(17)23-13-22-20/h1-11,13H,12H2,(H,26,27)(H,22,23,25)/p-1/b24-11-. The molecule has 0 radical (unpaired) electrons. The maximum atomic E-state index is 10.4. The lowest BCUT2D eigenvalue weighted by molar-refractivity contribution is -0.307. The van der Waals surface area contributed by atoms with E-state index >= 15 is 0 Å². The molecule has 0 aliphatic rings. The Balaban J connectivity index is 1.48. The monoisotopic (exact) mass is 403 g/mol. The van der Waals surface area contributed by atoms with Gasteiger partial charge in [-0.2, -0.15) is 5.10 Å².